The Bertz CT molecular complexity index is 1170. The van der Waals surface area contributed by atoms with Crippen LogP contribution >= 0.6 is 0 Å². The summed E-state index contributed by atoms with van der Waals surface area (Å²) in [5.74, 6) is -0.888. The van der Waals surface area contributed by atoms with Crippen LogP contribution in [0.15, 0.2) is 66.2 Å². The maximum atomic E-state index is 12.9. The summed E-state index contributed by atoms with van der Waals surface area (Å²) in [7, 11) is 0. The lowest BCUT2D eigenvalue weighted by Gasteiger charge is -2.21. The Balaban J connectivity index is 1.84. The van der Waals surface area contributed by atoms with Crippen molar-refractivity contribution in [1.82, 2.24) is 0 Å². The molecule has 30 heavy (non-hydrogen) atoms. The second-order valence-corrected chi connectivity index (χ2v) is 7.89. The van der Waals surface area contributed by atoms with E-state index in [2.05, 4.69) is 6.08 Å². The van der Waals surface area contributed by atoms with Crippen molar-refractivity contribution < 1.29 is 19.4 Å². The fourth-order valence-electron chi connectivity index (χ4n) is 4.25. The van der Waals surface area contributed by atoms with E-state index >= 15 is 0 Å². The first kappa shape index (κ1) is 19.9. The lowest BCUT2D eigenvalue weighted by molar-refractivity contribution is -0.139. The maximum Gasteiger partial charge on any atom is 0.335 e. The number of fused-ring (bicyclic) bond motifs is 1. The van der Waals surface area contributed by atoms with E-state index in [9.17, 15) is 14.7 Å². The maximum absolute atomic E-state index is 12.9. The Morgan fingerprint density at radius 1 is 1.00 bits per heavy atom. The first-order valence-corrected chi connectivity index (χ1v) is 10.2. The molecule has 4 nitrogen and oxygen atoms in total. The van der Waals surface area contributed by atoms with Gasteiger partial charge in [0.15, 0.2) is 0 Å². The minimum atomic E-state index is -0.974. The van der Waals surface area contributed by atoms with E-state index in [-0.39, 0.29) is 17.5 Å². The van der Waals surface area contributed by atoms with Crippen molar-refractivity contribution in [2.24, 2.45) is 5.92 Å². The van der Waals surface area contributed by atoms with Crippen LogP contribution < -0.4 is 4.74 Å². The predicted molar refractivity (Wildman–Crippen MR) is 118 cm³/mol. The van der Waals surface area contributed by atoms with Gasteiger partial charge in [0.05, 0.1) is 11.5 Å². The van der Waals surface area contributed by atoms with Crippen molar-refractivity contribution in [1.29, 1.82) is 0 Å². The van der Waals surface area contributed by atoms with Gasteiger partial charge in [-0.25, -0.2) is 4.79 Å². The summed E-state index contributed by atoms with van der Waals surface area (Å²) >= 11 is 0. The number of ether oxygens (including phenoxy) is 1. The first-order chi connectivity index (χ1) is 14.5. The van der Waals surface area contributed by atoms with Gasteiger partial charge in [-0.2, -0.15) is 0 Å². The number of benzene rings is 3. The van der Waals surface area contributed by atoms with E-state index in [0.29, 0.717) is 11.3 Å². The largest absolute Gasteiger partial charge is 0.478 e. The molecule has 152 valence electrons. The number of carbonyl (C=O) groups excluding carboxylic acids is 1. The molecule has 0 heterocycles. The highest BCUT2D eigenvalue weighted by Gasteiger charge is 2.25. The third-order valence-corrected chi connectivity index (χ3v) is 5.84. The summed E-state index contributed by atoms with van der Waals surface area (Å²) in [6, 6.07) is 16.8. The first-order valence-electron chi connectivity index (χ1n) is 10.2. The third kappa shape index (κ3) is 3.73. The zero-order valence-corrected chi connectivity index (χ0v) is 17.1. The standard InChI is InChI=1S/C26H24O4/c1-16-7-5-9-19(15-16)26(29)30-23-14-13-18-8-3-4-10-22(18)24(23)20-11-6-12-21(17(20)2)25(27)28/h3-4,6-8,10-14,19H,5,9,15H2,1-2H3,(H,27,28). The van der Waals surface area contributed by atoms with E-state index in [1.807, 2.05) is 49.4 Å². The Hall–Kier alpha value is -3.40. The lowest BCUT2D eigenvalue weighted by atomic mass is 9.89. The molecule has 1 atom stereocenters. The molecule has 3 aromatic rings. The van der Waals surface area contributed by atoms with Crippen molar-refractivity contribution in [3.05, 3.63) is 77.4 Å². The van der Waals surface area contributed by atoms with Crippen LogP contribution in [0.2, 0.25) is 0 Å². The highest BCUT2D eigenvalue weighted by atomic mass is 16.5. The normalized spacial score (nSPS) is 16.2. The third-order valence-electron chi connectivity index (χ3n) is 5.84. The number of carboxylic acids is 1. The fraction of sp³-hybridized carbons (Fsp3) is 0.231. The molecule has 3 aromatic carbocycles. The van der Waals surface area contributed by atoms with Gasteiger partial charge in [-0.3, -0.25) is 4.79 Å². The monoisotopic (exact) mass is 400 g/mol. The van der Waals surface area contributed by atoms with E-state index < -0.39 is 5.97 Å². The number of hydrogen-bond acceptors (Lipinski definition) is 3. The van der Waals surface area contributed by atoms with Gasteiger partial charge in [-0.05, 0) is 67.1 Å². The fourth-order valence-corrected chi connectivity index (χ4v) is 4.25. The molecule has 4 rings (SSSR count). The molecule has 0 spiro atoms. The van der Waals surface area contributed by atoms with Gasteiger partial charge >= 0.3 is 11.9 Å². The van der Waals surface area contributed by atoms with Crippen LogP contribution in [0, 0.1) is 12.8 Å². The van der Waals surface area contributed by atoms with Crippen molar-refractivity contribution in [2.75, 3.05) is 0 Å². The molecule has 0 saturated carbocycles. The highest BCUT2D eigenvalue weighted by molar-refractivity contribution is 6.03. The number of esters is 1. The summed E-state index contributed by atoms with van der Waals surface area (Å²) in [4.78, 5) is 24.6. The van der Waals surface area contributed by atoms with Crippen LogP contribution in [0.5, 0.6) is 5.75 Å². The van der Waals surface area contributed by atoms with Gasteiger partial charge < -0.3 is 9.84 Å². The smallest absolute Gasteiger partial charge is 0.335 e. The number of hydrogen-bond donors (Lipinski definition) is 1. The van der Waals surface area contributed by atoms with E-state index in [1.165, 1.54) is 5.57 Å². The molecule has 0 amide bonds. The van der Waals surface area contributed by atoms with Gasteiger partial charge in [0.25, 0.3) is 0 Å². The van der Waals surface area contributed by atoms with Crippen LogP contribution in [0.3, 0.4) is 0 Å². The quantitative estimate of drug-likeness (QED) is 0.323. The SMILES string of the molecule is CC1=CCCC(C(=O)Oc2ccc3ccccc3c2-c2cccc(C(=O)O)c2C)C1. The Kier molecular flexibility index (Phi) is 5.40. The molecule has 0 bridgehead atoms. The zero-order chi connectivity index (χ0) is 21.3. The second kappa shape index (κ2) is 8.15. The molecule has 1 unspecified atom stereocenters. The average Bonchev–Trinajstić information content (AvgIpc) is 2.74. The molecular formula is C26H24O4. The molecule has 0 aromatic heterocycles. The highest BCUT2D eigenvalue weighted by Crippen LogP contribution is 2.40. The molecule has 0 saturated heterocycles. The summed E-state index contributed by atoms with van der Waals surface area (Å²) in [5.41, 5.74) is 3.62. The van der Waals surface area contributed by atoms with Gasteiger partial charge in [0.2, 0.25) is 0 Å². The summed E-state index contributed by atoms with van der Waals surface area (Å²) < 4.78 is 5.94. The zero-order valence-electron chi connectivity index (χ0n) is 17.1. The van der Waals surface area contributed by atoms with E-state index in [1.54, 1.807) is 19.1 Å². The average molecular weight is 400 g/mol. The van der Waals surface area contributed by atoms with Gasteiger partial charge in [0.1, 0.15) is 5.75 Å². The number of aromatic carboxylic acids is 1. The van der Waals surface area contributed by atoms with Crippen molar-refractivity contribution >= 4 is 22.7 Å². The van der Waals surface area contributed by atoms with E-state index in [4.69, 9.17) is 4.74 Å². The molecule has 0 aliphatic heterocycles. The molecule has 0 radical (unpaired) electrons. The number of allylic oxidation sites excluding steroid dienone is 2. The molecular weight excluding hydrogens is 376 g/mol. The van der Waals surface area contributed by atoms with Crippen LogP contribution in [-0.2, 0) is 4.79 Å². The Morgan fingerprint density at radius 2 is 1.80 bits per heavy atom. The van der Waals surface area contributed by atoms with Crippen LogP contribution in [-0.4, -0.2) is 17.0 Å². The molecule has 1 aliphatic carbocycles. The van der Waals surface area contributed by atoms with E-state index in [0.717, 1.165) is 41.2 Å². The summed E-state index contributed by atoms with van der Waals surface area (Å²) in [6.45, 7) is 3.84. The minimum absolute atomic E-state index is 0.152. The van der Waals surface area contributed by atoms with Crippen molar-refractivity contribution in [2.45, 2.75) is 33.1 Å². The Morgan fingerprint density at radius 3 is 2.57 bits per heavy atom. The number of carbonyl (C=O) groups is 2. The molecule has 4 heteroatoms. The summed E-state index contributed by atoms with van der Waals surface area (Å²) in [5, 5.41) is 11.5. The molecule has 1 aliphatic rings. The molecule has 1 N–H and O–H groups in total. The Labute approximate surface area is 175 Å². The minimum Gasteiger partial charge on any atom is -0.478 e. The van der Waals surface area contributed by atoms with Crippen LogP contribution in [0.4, 0.5) is 0 Å². The topological polar surface area (TPSA) is 63.6 Å². The van der Waals surface area contributed by atoms with Crippen LogP contribution in [0.25, 0.3) is 21.9 Å². The predicted octanol–water partition coefficient (Wildman–Crippen LogP) is 6.17. The van der Waals surface area contributed by atoms with Crippen molar-refractivity contribution in [3.8, 4) is 16.9 Å². The molecule has 0 fully saturated rings. The van der Waals surface area contributed by atoms with Gasteiger partial charge in [-0.1, -0.05) is 54.1 Å². The van der Waals surface area contributed by atoms with Gasteiger partial charge in [-0.15, -0.1) is 0 Å². The number of rotatable bonds is 4. The van der Waals surface area contributed by atoms with Crippen molar-refractivity contribution in [3.63, 3.8) is 0 Å². The lowest BCUT2D eigenvalue weighted by Crippen LogP contribution is -2.22. The second-order valence-electron chi connectivity index (χ2n) is 7.89. The summed E-state index contributed by atoms with van der Waals surface area (Å²) in [6.07, 6.45) is 4.56. The van der Waals surface area contributed by atoms with Crippen LogP contribution in [0.1, 0.15) is 42.1 Å². The number of carboxylic acid groups (broad SMARTS) is 1. The van der Waals surface area contributed by atoms with Gasteiger partial charge in [0, 0.05) is 5.56 Å².